The summed E-state index contributed by atoms with van der Waals surface area (Å²) in [7, 11) is 1.52. The van der Waals surface area contributed by atoms with E-state index < -0.39 is 0 Å². The summed E-state index contributed by atoms with van der Waals surface area (Å²) >= 11 is 0. The molecule has 8 nitrogen and oxygen atoms in total. The zero-order valence-electron chi connectivity index (χ0n) is 16.1. The van der Waals surface area contributed by atoms with E-state index in [1.54, 1.807) is 36.4 Å². The Morgan fingerprint density at radius 2 is 1.93 bits per heavy atom. The molecule has 0 atom stereocenters. The second-order valence-corrected chi connectivity index (χ2v) is 6.05. The van der Waals surface area contributed by atoms with Crippen LogP contribution in [0, 0.1) is 0 Å². The Morgan fingerprint density at radius 3 is 2.61 bits per heavy atom. The highest BCUT2D eigenvalue weighted by Crippen LogP contribution is 2.22. The molecule has 1 aromatic heterocycles. The van der Waals surface area contributed by atoms with Crippen molar-refractivity contribution >= 4 is 23.4 Å². The first-order valence-corrected chi connectivity index (χ1v) is 9.07. The van der Waals surface area contributed by atoms with Crippen LogP contribution in [0.1, 0.15) is 30.3 Å². The third-order valence-electron chi connectivity index (χ3n) is 3.93. The molecule has 0 bridgehead atoms. The number of rotatable bonds is 10. The molecule has 0 aliphatic heterocycles. The zero-order valence-corrected chi connectivity index (χ0v) is 16.1. The molecule has 0 aliphatic rings. The number of carbonyl (C=O) groups is 3. The van der Waals surface area contributed by atoms with E-state index in [-0.39, 0.29) is 43.0 Å². The average Bonchev–Trinajstić information content (AvgIpc) is 3.23. The van der Waals surface area contributed by atoms with Crippen LogP contribution < -0.4 is 15.4 Å². The summed E-state index contributed by atoms with van der Waals surface area (Å²) in [6, 6.07) is 10.2. The lowest BCUT2D eigenvalue weighted by Crippen LogP contribution is -2.40. The maximum atomic E-state index is 12.5. The van der Waals surface area contributed by atoms with Gasteiger partial charge in [0.25, 0.3) is 5.91 Å². The maximum Gasteiger partial charge on any atom is 0.286 e. The third-order valence-corrected chi connectivity index (χ3v) is 3.93. The van der Waals surface area contributed by atoms with E-state index in [9.17, 15) is 14.4 Å². The van der Waals surface area contributed by atoms with Crippen molar-refractivity contribution in [2.75, 3.05) is 32.1 Å². The lowest BCUT2D eigenvalue weighted by molar-refractivity contribution is -0.134. The second kappa shape index (κ2) is 10.8. The number of nitrogens with zero attached hydrogens (tertiary/aromatic N) is 1. The van der Waals surface area contributed by atoms with Crippen molar-refractivity contribution in [3.8, 4) is 5.75 Å². The first-order chi connectivity index (χ1) is 13.5. The summed E-state index contributed by atoms with van der Waals surface area (Å²) in [6.07, 6.45) is 2.21. The second-order valence-electron chi connectivity index (χ2n) is 6.05. The molecule has 0 aliphatic carbocycles. The minimum Gasteiger partial charge on any atom is -0.495 e. The number of carbonyl (C=O) groups excluding carboxylic acids is 3. The topological polar surface area (TPSA) is 101 Å². The van der Waals surface area contributed by atoms with Crippen LogP contribution in [-0.4, -0.2) is 49.4 Å². The number of hydrogen-bond acceptors (Lipinski definition) is 5. The number of anilines is 1. The third kappa shape index (κ3) is 6.15. The van der Waals surface area contributed by atoms with Crippen LogP contribution in [0.2, 0.25) is 0 Å². The van der Waals surface area contributed by atoms with E-state index >= 15 is 0 Å². The number of nitrogens with one attached hydrogen (secondary N) is 2. The highest BCUT2D eigenvalue weighted by Gasteiger charge is 2.18. The van der Waals surface area contributed by atoms with Gasteiger partial charge in [-0.25, -0.2) is 0 Å². The van der Waals surface area contributed by atoms with E-state index in [1.165, 1.54) is 18.3 Å². The lowest BCUT2D eigenvalue weighted by Gasteiger charge is -2.22. The SMILES string of the molecule is CCCN(CC(=O)Nc1ccccc1OC)C(=O)CCNC(=O)c1ccco1. The first kappa shape index (κ1) is 21.0. The molecule has 3 amide bonds. The minimum atomic E-state index is -0.381. The summed E-state index contributed by atoms with van der Waals surface area (Å²) in [5, 5.41) is 5.38. The van der Waals surface area contributed by atoms with Gasteiger partial charge in [-0.05, 0) is 30.7 Å². The molecule has 2 aromatic rings. The molecule has 1 aromatic carbocycles. The van der Waals surface area contributed by atoms with E-state index in [0.29, 0.717) is 24.4 Å². The molecule has 2 rings (SSSR count). The Bertz CT molecular complexity index is 789. The van der Waals surface area contributed by atoms with Crippen molar-refractivity contribution in [3.63, 3.8) is 0 Å². The van der Waals surface area contributed by atoms with Gasteiger partial charge in [0.05, 0.1) is 25.6 Å². The highest BCUT2D eigenvalue weighted by atomic mass is 16.5. The molecule has 150 valence electrons. The van der Waals surface area contributed by atoms with E-state index in [1.807, 2.05) is 6.92 Å². The Balaban J connectivity index is 1.86. The standard InChI is InChI=1S/C20H25N3O5/c1-3-12-23(14-18(24)22-15-7-4-5-8-16(15)27-2)19(25)10-11-21-20(26)17-9-6-13-28-17/h4-9,13H,3,10-12,14H2,1-2H3,(H,21,26)(H,22,24). The predicted molar refractivity (Wildman–Crippen MR) is 104 cm³/mol. The number of amides is 3. The largest absolute Gasteiger partial charge is 0.495 e. The summed E-state index contributed by atoms with van der Waals surface area (Å²) < 4.78 is 10.2. The van der Waals surface area contributed by atoms with Crippen LogP contribution in [-0.2, 0) is 9.59 Å². The zero-order chi connectivity index (χ0) is 20.4. The molecule has 28 heavy (non-hydrogen) atoms. The minimum absolute atomic E-state index is 0.0726. The summed E-state index contributed by atoms with van der Waals surface area (Å²) in [5.41, 5.74) is 0.546. The van der Waals surface area contributed by atoms with Crippen LogP contribution in [0.5, 0.6) is 5.75 Å². The molecular weight excluding hydrogens is 362 g/mol. The molecule has 0 saturated heterocycles. The number of para-hydroxylation sites is 2. The van der Waals surface area contributed by atoms with Gasteiger partial charge in [0.2, 0.25) is 11.8 Å². The monoisotopic (exact) mass is 387 g/mol. The molecular formula is C20H25N3O5. The number of benzene rings is 1. The number of methoxy groups -OCH3 is 1. The number of furan rings is 1. The fourth-order valence-corrected chi connectivity index (χ4v) is 2.61. The van der Waals surface area contributed by atoms with Gasteiger partial charge in [-0.3, -0.25) is 14.4 Å². The normalized spacial score (nSPS) is 10.2. The summed E-state index contributed by atoms with van der Waals surface area (Å²) in [6.45, 7) is 2.46. The molecule has 8 heteroatoms. The molecule has 2 N–H and O–H groups in total. The van der Waals surface area contributed by atoms with Crippen LogP contribution in [0.15, 0.2) is 47.1 Å². The average molecular weight is 387 g/mol. The maximum absolute atomic E-state index is 12.5. The quantitative estimate of drug-likeness (QED) is 0.651. The Labute approximate surface area is 163 Å². The lowest BCUT2D eigenvalue weighted by atomic mass is 10.2. The number of ether oxygens (including phenoxy) is 1. The van der Waals surface area contributed by atoms with Gasteiger partial charge < -0.3 is 24.7 Å². The smallest absolute Gasteiger partial charge is 0.286 e. The van der Waals surface area contributed by atoms with Gasteiger partial charge >= 0.3 is 0 Å². The Morgan fingerprint density at radius 1 is 1.14 bits per heavy atom. The van der Waals surface area contributed by atoms with Crippen LogP contribution in [0.3, 0.4) is 0 Å². The summed E-state index contributed by atoms with van der Waals surface area (Å²) in [4.78, 5) is 38.1. The Hall–Kier alpha value is -3.29. The fraction of sp³-hybridized carbons (Fsp3) is 0.350. The van der Waals surface area contributed by atoms with Gasteiger partial charge in [0, 0.05) is 19.5 Å². The van der Waals surface area contributed by atoms with Crippen LogP contribution in [0.25, 0.3) is 0 Å². The molecule has 1 heterocycles. The van der Waals surface area contributed by atoms with Crippen molar-refractivity contribution in [1.82, 2.24) is 10.2 Å². The van der Waals surface area contributed by atoms with Crippen LogP contribution >= 0.6 is 0 Å². The first-order valence-electron chi connectivity index (χ1n) is 9.07. The fourth-order valence-electron chi connectivity index (χ4n) is 2.61. The van der Waals surface area contributed by atoms with Gasteiger partial charge in [0.1, 0.15) is 5.75 Å². The van der Waals surface area contributed by atoms with Crippen molar-refractivity contribution in [1.29, 1.82) is 0 Å². The number of hydrogen-bond donors (Lipinski definition) is 2. The van der Waals surface area contributed by atoms with E-state index in [0.717, 1.165) is 0 Å². The molecule has 0 spiro atoms. The van der Waals surface area contributed by atoms with E-state index in [4.69, 9.17) is 9.15 Å². The van der Waals surface area contributed by atoms with Gasteiger partial charge in [0.15, 0.2) is 5.76 Å². The highest BCUT2D eigenvalue weighted by molar-refractivity contribution is 5.96. The molecule has 0 unspecified atom stereocenters. The van der Waals surface area contributed by atoms with Crippen molar-refractivity contribution in [2.45, 2.75) is 19.8 Å². The van der Waals surface area contributed by atoms with Gasteiger partial charge in [-0.1, -0.05) is 19.1 Å². The van der Waals surface area contributed by atoms with Crippen molar-refractivity contribution in [2.24, 2.45) is 0 Å². The Kier molecular flexibility index (Phi) is 8.08. The van der Waals surface area contributed by atoms with E-state index in [2.05, 4.69) is 10.6 Å². The van der Waals surface area contributed by atoms with Gasteiger partial charge in [-0.2, -0.15) is 0 Å². The summed E-state index contributed by atoms with van der Waals surface area (Å²) in [5.74, 6) is -0.171. The van der Waals surface area contributed by atoms with Crippen molar-refractivity contribution < 1.29 is 23.5 Å². The molecule has 0 radical (unpaired) electrons. The van der Waals surface area contributed by atoms with Gasteiger partial charge in [-0.15, -0.1) is 0 Å². The van der Waals surface area contributed by atoms with Crippen molar-refractivity contribution in [3.05, 3.63) is 48.4 Å². The molecule has 0 saturated carbocycles. The predicted octanol–water partition coefficient (Wildman–Crippen LogP) is 2.29. The molecule has 0 fully saturated rings. The van der Waals surface area contributed by atoms with Crippen LogP contribution in [0.4, 0.5) is 5.69 Å².